The van der Waals surface area contributed by atoms with Crippen LogP contribution in [0.2, 0.25) is 0 Å². The summed E-state index contributed by atoms with van der Waals surface area (Å²) < 4.78 is 16.8. The zero-order valence-electron chi connectivity index (χ0n) is 41.6. The normalized spacial score (nSPS) is 12.0. The minimum absolute atomic E-state index is 0.0625. The highest BCUT2D eigenvalue weighted by Gasteiger charge is 2.19. The third-order valence-electron chi connectivity index (χ3n) is 12.5. The predicted molar refractivity (Wildman–Crippen MR) is 261 cm³/mol. The first kappa shape index (κ1) is 59.4. The molecule has 0 aliphatic rings. The third-order valence-corrected chi connectivity index (χ3v) is 12.5. The van der Waals surface area contributed by atoms with E-state index in [0.717, 1.165) is 63.7 Å². The summed E-state index contributed by atoms with van der Waals surface area (Å²) >= 11 is 0. The fourth-order valence-corrected chi connectivity index (χ4v) is 8.39. The molecule has 362 valence electrons. The molecule has 0 unspecified atom stereocenters. The van der Waals surface area contributed by atoms with Gasteiger partial charge in [0.15, 0.2) is 6.10 Å². The van der Waals surface area contributed by atoms with Gasteiger partial charge in [0.1, 0.15) is 13.2 Å². The number of unbranched alkanes of at least 4 members (excludes halogenated alkanes) is 37. The van der Waals surface area contributed by atoms with Gasteiger partial charge in [-0.1, -0.05) is 272 Å². The molecule has 0 bridgehead atoms. The van der Waals surface area contributed by atoms with Crippen LogP contribution in [0.1, 0.15) is 310 Å². The van der Waals surface area contributed by atoms with E-state index >= 15 is 0 Å². The maximum Gasteiger partial charge on any atom is 0.306 e. The molecule has 0 spiro atoms. The summed E-state index contributed by atoms with van der Waals surface area (Å²) in [6, 6.07) is 0. The van der Waals surface area contributed by atoms with Gasteiger partial charge < -0.3 is 14.2 Å². The van der Waals surface area contributed by atoms with Crippen LogP contribution in [0.4, 0.5) is 0 Å². The van der Waals surface area contributed by atoms with Crippen molar-refractivity contribution in [3.63, 3.8) is 0 Å². The highest BCUT2D eigenvalue weighted by molar-refractivity contribution is 5.71. The van der Waals surface area contributed by atoms with Crippen molar-refractivity contribution in [1.29, 1.82) is 0 Å². The molecule has 0 saturated heterocycles. The quantitative estimate of drug-likeness (QED) is 0.0344. The van der Waals surface area contributed by atoms with Crippen molar-refractivity contribution >= 4 is 17.9 Å². The topological polar surface area (TPSA) is 78.9 Å². The van der Waals surface area contributed by atoms with Crippen molar-refractivity contribution in [3.05, 3.63) is 0 Å². The molecule has 0 amide bonds. The van der Waals surface area contributed by atoms with E-state index in [4.69, 9.17) is 14.2 Å². The van der Waals surface area contributed by atoms with Gasteiger partial charge in [0.2, 0.25) is 0 Å². The molecule has 6 heteroatoms. The fourth-order valence-electron chi connectivity index (χ4n) is 8.39. The van der Waals surface area contributed by atoms with E-state index in [1.165, 1.54) is 205 Å². The van der Waals surface area contributed by atoms with E-state index in [-0.39, 0.29) is 31.1 Å². The molecule has 0 aliphatic heterocycles. The van der Waals surface area contributed by atoms with E-state index in [1.807, 2.05) is 0 Å². The highest BCUT2D eigenvalue weighted by atomic mass is 16.6. The van der Waals surface area contributed by atoms with Gasteiger partial charge in [-0.05, 0) is 25.2 Å². The Morgan fingerprint density at radius 3 is 0.803 bits per heavy atom. The van der Waals surface area contributed by atoms with Crippen LogP contribution in [-0.2, 0) is 28.6 Å². The molecule has 0 aliphatic carbocycles. The van der Waals surface area contributed by atoms with Gasteiger partial charge in [0, 0.05) is 19.3 Å². The second-order valence-electron chi connectivity index (χ2n) is 19.3. The van der Waals surface area contributed by atoms with Gasteiger partial charge in [-0.2, -0.15) is 0 Å². The summed E-state index contributed by atoms with van der Waals surface area (Å²) in [7, 11) is 0. The highest BCUT2D eigenvalue weighted by Crippen LogP contribution is 2.17. The summed E-state index contributed by atoms with van der Waals surface area (Å²) in [5, 5.41) is 0. The lowest BCUT2D eigenvalue weighted by atomic mass is 10.0. The van der Waals surface area contributed by atoms with Crippen molar-refractivity contribution in [2.45, 2.75) is 316 Å². The van der Waals surface area contributed by atoms with Crippen LogP contribution in [0.25, 0.3) is 0 Å². The zero-order chi connectivity index (χ0) is 44.5. The largest absolute Gasteiger partial charge is 0.462 e. The number of carbonyl (C=O) groups excluding carboxylic acids is 3. The molecule has 6 nitrogen and oxygen atoms in total. The summed E-state index contributed by atoms with van der Waals surface area (Å²) in [6.45, 7) is 9.02. The SMILES string of the molecule is CCCCCCCCCCCCCCCCCCCCCC(=O)OC[C@@H](COC(=O)CCCCCCCCCCCCCC(C)C)OC(=O)CCCCCCCCCCCC. The summed E-state index contributed by atoms with van der Waals surface area (Å²) in [6.07, 6.45) is 52.4. The number of hydrogen-bond donors (Lipinski definition) is 0. The Labute approximate surface area is 380 Å². The van der Waals surface area contributed by atoms with Crippen LogP contribution in [0.3, 0.4) is 0 Å². The van der Waals surface area contributed by atoms with E-state index in [0.29, 0.717) is 19.3 Å². The lowest BCUT2D eigenvalue weighted by molar-refractivity contribution is -0.167. The molecule has 0 N–H and O–H groups in total. The lowest BCUT2D eigenvalue weighted by Gasteiger charge is -2.18. The molecule has 61 heavy (non-hydrogen) atoms. The lowest BCUT2D eigenvalue weighted by Crippen LogP contribution is -2.30. The number of hydrogen-bond acceptors (Lipinski definition) is 6. The predicted octanol–water partition coefficient (Wildman–Crippen LogP) is 17.8. The molecule has 0 rings (SSSR count). The number of rotatable bonds is 50. The molecular formula is C55H106O6. The molecular weight excluding hydrogens is 757 g/mol. The van der Waals surface area contributed by atoms with E-state index in [9.17, 15) is 14.4 Å². The summed E-state index contributed by atoms with van der Waals surface area (Å²) in [5.41, 5.74) is 0. The van der Waals surface area contributed by atoms with Crippen LogP contribution in [-0.4, -0.2) is 37.2 Å². The van der Waals surface area contributed by atoms with Crippen LogP contribution >= 0.6 is 0 Å². The van der Waals surface area contributed by atoms with Crippen molar-refractivity contribution in [2.24, 2.45) is 5.92 Å². The van der Waals surface area contributed by atoms with Crippen molar-refractivity contribution < 1.29 is 28.6 Å². The number of esters is 3. The first-order chi connectivity index (χ1) is 29.9. The Balaban J connectivity index is 4.21. The Morgan fingerprint density at radius 2 is 0.541 bits per heavy atom. The van der Waals surface area contributed by atoms with Gasteiger partial charge in [-0.15, -0.1) is 0 Å². The van der Waals surface area contributed by atoms with Crippen molar-refractivity contribution in [1.82, 2.24) is 0 Å². The molecule has 0 fully saturated rings. The van der Waals surface area contributed by atoms with Crippen molar-refractivity contribution in [3.8, 4) is 0 Å². The van der Waals surface area contributed by atoms with Gasteiger partial charge in [-0.25, -0.2) is 0 Å². The first-order valence-corrected chi connectivity index (χ1v) is 27.4. The fraction of sp³-hybridized carbons (Fsp3) is 0.945. The van der Waals surface area contributed by atoms with Crippen molar-refractivity contribution in [2.75, 3.05) is 13.2 Å². The van der Waals surface area contributed by atoms with E-state index < -0.39 is 6.10 Å². The molecule has 0 aromatic carbocycles. The smallest absolute Gasteiger partial charge is 0.306 e. The van der Waals surface area contributed by atoms with Gasteiger partial charge >= 0.3 is 17.9 Å². The van der Waals surface area contributed by atoms with Gasteiger partial charge in [-0.3, -0.25) is 14.4 Å². The molecule has 0 saturated carbocycles. The number of carbonyl (C=O) groups is 3. The molecule has 0 radical (unpaired) electrons. The van der Waals surface area contributed by atoms with E-state index in [1.54, 1.807) is 0 Å². The molecule has 0 aromatic heterocycles. The second kappa shape index (κ2) is 49.4. The zero-order valence-corrected chi connectivity index (χ0v) is 41.6. The maximum atomic E-state index is 12.8. The van der Waals surface area contributed by atoms with Gasteiger partial charge in [0.05, 0.1) is 0 Å². The minimum Gasteiger partial charge on any atom is -0.462 e. The minimum atomic E-state index is -0.760. The van der Waals surface area contributed by atoms with Crippen LogP contribution in [0.15, 0.2) is 0 Å². The average Bonchev–Trinajstić information content (AvgIpc) is 3.24. The summed E-state index contributed by atoms with van der Waals surface area (Å²) in [5.74, 6) is -0.0160. The number of ether oxygens (including phenoxy) is 3. The van der Waals surface area contributed by atoms with Crippen LogP contribution in [0, 0.1) is 5.92 Å². The molecule has 0 aromatic rings. The Bertz CT molecular complexity index is 918. The van der Waals surface area contributed by atoms with E-state index in [2.05, 4.69) is 27.7 Å². The maximum absolute atomic E-state index is 12.8. The van der Waals surface area contributed by atoms with Crippen LogP contribution < -0.4 is 0 Å². The van der Waals surface area contributed by atoms with Gasteiger partial charge in [0.25, 0.3) is 0 Å². The average molecular weight is 863 g/mol. The monoisotopic (exact) mass is 863 g/mol. The third kappa shape index (κ3) is 49.3. The molecule has 1 atom stereocenters. The molecule has 0 heterocycles. The van der Waals surface area contributed by atoms with Crippen LogP contribution in [0.5, 0.6) is 0 Å². The Morgan fingerprint density at radius 1 is 0.311 bits per heavy atom. The first-order valence-electron chi connectivity index (χ1n) is 27.4. The second-order valence-corrected chi connectivity index (χ2v) is 19.3. The Kier molecular flexibility index (Phi) is 48.1. The standard InChI is InChI=1S/C55H106O6/c1-5-7-9-11-13-15-17-18-19-20-21-22-23-24-27-31-34-38-42-46-53(56)59-49-52(61-55(58)48-44-40-36-30-16-14-12-10-8-6-2)50-60-54(57)47-43-39-35-32-28-25-26-29-33-37-41-45-51(3)4/h51-52H,5-50H2,1-4H3/t52-/m0/s1. The Hall–Kier alpha value is -1.59. The summed E-state index contributed by atoms with van der Waals surface area (Å²) in [4.78, 5) is 38.0.